The highest BCUT2D eigenvalue weighted by Gasteiger charge is 2.21. The Kier molecular flexibility index (Phi) is 4.94. The van der Waals surface area contributed by atoms with Gasteiger partial charge in [-0.05, 0) is 23.8 Å². The largest absolute Gasteiger partial charge is 0.308 e. The van der Waals surface area contributed by atoms with Gasteiger partial charge in [0.1, 0.15) is 5.82 Å². The molecule has 0 fully saturated rings. The van der Waals surface area contributed by atoms with E-state index in [1.807, 2.05) is 24.3 Å². The molecule has 0 atom stereocenters. The zero-order valence-electron chi connectivity index (χ0n) is 11.3. The second-order valence-corrected chi connectivity index (χ2v) is 7.37. The van der Waals surface area contributed by atoms with Crippen molar-refractivity contribution in [2.75, 3.05) is 12.5 Å². The molecule has 2 aromatic rings. The number of pyridine rings is 1. The van der Waals surface area contributed by atoms with E-state index >= 15 is 0 Å². The van der Waals surface area contributed by atoms with Gasteiger partial charge in [0.05, 0.1) is 4.90 Å². The first-order valence-corrected chi connectivity index (χ1v) is 8.30. The molecule has 112 valence electrons. The lowest BCUT2D eigenvalue weighted by Crippen LogP contribution is -2.26. The molecule has 0 spiro atoms. The van der Waals surface area contributed by atoms with Crippen LogP contribution in [0.2, 0.25) is 0 Å². The van der Waals surface area contributed by atoms with E-state index in [2.05, 4.69) is 26.3 Å². The molecule has 2 rings (SSSR count). The Morgan fingerprint density at radius 2 is 1.95 bits per heavy atom. The molecule has 0 radical (unpaired) electrons. The van der Waals surface area contributed by atoms with Gasteiger partial charge in [0.2, 0.25) is 10.0 Å². The van der Waals surface area contributed by atoms with E-state index < -0.39 is 10.0 Å². The van der Waals surface area contributed by atoms with Crippen molar-refractivity contribution in [1.82, 2.24) is 9.29 Å². The van der Waals surface area contributed by atoms with Crippen LogP contribution in [0, 0.1) is 0 Å². The van der Waals surface area contributed by atoms with Crippen molar-refractivity contribution in [3.63, 3.8) is 0 Å². The number of anilines is 1. The van der Waals surface area contributed by atoms with Gasteiger partial charge in [0.15, 0.2) is 0 Å². The average molecular weight is 371 g/mol. The lowest BCUT2D eigenvalue weighted by molar-refractivity contribution is 0.466. The Labute approximate surface area is 132 Å². The highest BCUT2D eigenvalue weighted by Crippen LogP contribution is 2.19. The zero-order valence-corrected chi connectivity index (χ0v) is 13.7. The fraction of sp³-hybridized carbons (Fsp3) is 0.154. The number of halogens is 1. The molecule has 0 saturated carbocycles. The molecule has 0 aliphatic carbocycles. The van der Waals surface area contributed by atoms with Crippen LogP contribution < -0.4 is 11.3 Å². The highest BCUT2D eigenvalue weighted by atomic mass is 79.9. The standard InChI is InChI=1S/C13H15BrN4O2S/c1-18(9-10-2-4-11(14)5-3-10)21(19,20)12-6-7-16-13(8-12)17-15/h2-8H,9,15H2,1H3,(H,16,17). The van der Waals surface area contributed by atoms with Gasteiger partial charge < -0.3 is 5.43 Å². The molecule has 1 heterocycles. The molecule has 0 saturated heterocycles. The van der Waals surface area contributed by atoms with Crippen LogP contribution in [-0.4, -0.2) is 24.8 Å². The molecule has 0 bridgehead atoms. The normalized spacial score (nSPS) is 11.6. The molecule has 0 amide bonds. The van der Waals surface area contributed by atoms with Crippen molar-refractivity contribution in [2.45, 2.75) is 11.4 Å². The van der Waals surface area contributed by atoms with Crippen molar-refractivity contribution >= 4 is 31.8 Å². The minimum atomic E-state index is -3.59. The maximum absolute atomic E-state index is 12.5. The van der Waals surface area contributed by atoms with Crippen LogP contribution >= 0.6 is 15.9 Å². The third kappa shape index (κ3) is 3.79. The third-order valence-electron chi connectivity index (χ3n) is 2.91. The quantitative estimate of drug-likeness (QED) is 0.620. The third-order valence-corrected chi connectivity index (χ3v) is 5.23. The maximum Gasteiger partial charge on any atom is 0.243 e. The summed E-state index contributed by atoms with van der Waals surface area (Å²) in [4.78, 5) is 4.04. The molecular weight excluding hydrogens is 356 g/mol. The van der Waals surface area contributed by atoms with Crippen LogP contribution in [0.25, 0.3) is 0 Å². The smallest absolute Gasteiger partial charge is 0.243 e. The van der Waals surface area contributed by atoms with E-state index in [4.69, 9.17) is 5.84 Å². The second-order valence-electron chi connectivity index (χ2n) is 4.41. The van der Waals surface area contributed by atoms with E-state index in [-0.39, 0.29) is 11.4 Å². The van der Waals surface area contributed by atoms with Crippen LogP contribution in [0.5, 0.6) is 0 Å². The van der Waals surface area contributed by atoms with E-state index in [1.54, 1.807) is 0 Å². The SMILES string of the molecule is CN(Cc1ccc(Br)cc1)S(=O)(=O)c1ccnc(NN)c1. The van der Waals surface area contributed by atoms with E-state index in [0.29, 0.717) is 5.82 Å². The zero-order chi connectivity index (χ0) is 15.5. The van der Waals surface area contributed by atoms with Crippen molar-refractivity contribution < 1.29 is 8.42 Å². The Morgan fingerprint density at radius 3 is 2.57 bits per heavy atom. The van der Waals surface area contributed by atoms with Gasteiger partial charge in [-0.15, -0.1) is 0 Å². The highest BCUT2D eigenvalue weighted by molar-refractivity contribution is 9.10. The molecule has 0 unspecified atom stereocenters. The van der Waals surface area contributed by atoms with Gasteiger partial charge in [-0.25, -0.2) is 19.2 Å². The summed E-state index contributed by atoms with van der Waals surface area (Å²) in [6, 6.07) is 10.3. The topological polar surface area (TPSA) is 88.3 Å². The van der Waals surface area contributed by atoms with Crippen LogP contribution in [-0.2, 0) is 16.6 Å². The summed E-state index contributed by atoms with van der Waals surface area (Å²) in [6.07, 6.45) is 1.40. The average Bonchev–Trinajstić information content (AvgIpc) is 2.49. The summed E-state index contributed by atoms with van der Waals surface area (Å²) >= 11 is 3.35. The Balaban J connectivity index is 2.23. The van der Waals surface area contributed by atoms with E-state index in [0.717, 1.165) is 10.0 Å². The Morgan fingerprint density at radius 1 is 1.29 bits per heavy atom. The minimum Gasteiger partial charge on any atom is -0.308 e. The van der Waals surface area contributed by atoms with Crippen molar-refractivity contribution in [1.29, 1.82) is 0 Å². The van der Waals surface area contributed by atoms with Crippen LogP contribution in [0.3, 0.4) is 0 Å². The second kappa shape index (κ2) is 6.52. The first kappa shape index (κ1) is 15.9. The van der Waals surface area contributed by atoms with Crippen LogP contribution in [0.1, 0.15) is 5.56 Å². The molecule has 1 aromatic heterocycles. The number of nitrogens with zero attached hydrogens (tertiary/aromatic N) is 2. The first-order chi connectivity index (χ1) is 9.93. The van der Waals surface area contributed by atoms with Gasteiger partial charge in [0, 0.05) is 30.3 Å². The number of nitrogens with one attached hydrogen (secondary N) is 1. The fourth-order valence-electron chi connectivity index (χ4n) is 1.76. The molecule has 0 aliphatic rings. The number of benzene rings is 1. The lowest BCUT2D eigenvalue weighted by Gasteiger charge is -2.17. The van der Waals surface area contributed by atoms with Crippen molar-refractivity contribution in [3.8, 4) is 0 Å². The number of aromatic nitrogens is 1. The number of rotatable bonds is 5. The van der Waals surface area contributed by atoms with Crippen molar-refractivity contribution in [3.05, 3.63) is 52.6 Å². The minimum absolute atomic E-state index is 0.144. The number of sulfonamides is 1. The monoisotopic (exact) mass is 370 g/mol. The summed E-state index contributed by atoms with van der Waals surface area (Å²) in [5, 5.41) is 0. The molecule has 8 heteroatoms. The summed E-state index contributed by atoms with van der Waals surface area (Å²) in [6.45, 7) is 0.281. The lowest BCUT2D eigenvalue weighted by atomic mass is 10.2. The van der Waals surface area contributed by atoms with E-state index in [9.17, 15) is 8.42 Å². The number of hydrazine groups is 1. The first-order valence-electron chi connectivity index (χ1n) is 6.07. The van der Waals surface area contributed by atoms with Gasteiger partial charge in [-0.2, -0.15) is 4.31 Å². The van der Waals surface area contributed by atoms with Crippen LogP contribution in [0.15, 0.2) is 52.0 Å². The number of hydrogen-bond acceptors (Lipinski definition) is 5. The van der Waals surface area contributed by atoms with Crippen LogP contribution in [0.4, 0.5) is 5.82 Å². The summed E-state index contributed by atoms with van der Waals surface area (Å²) in [5.74, 6) is 5.55. The predicted molar refractivity (Wildman–Crippen MR) is 84.8 cm³/mol. The summed E-state index contributed by atoms with van der Waals surface area (Å²) < 4.78 is 27.2. The molecule has 6 nitrogen and oxygen atoms in total. The summed E-state index contributed by atoms with van der Waals surface area (Å²) in [7, 11) is -2.06. The Hall–Kier alpha value is -1.48. The van der Waals surface area contributed by atoms with Gasteiger partial charge in [0.25, 0.3) is 0 Å². The summed E-state index contributed by atoms with van der Waals surface area (Å²) in [5.41, 5.74) is 3.23. The van der Waals surface area contributed by atoms with Crippen molar-refractivity contribution in [2.24, 2.45) is 5.84 Å². The fourth-order valence-corrected chi connectivity index (χ4v) is 3.20. The molecular formula is C13H15BrN4O2S. The number of nitrogen functional groups attached to an aromatic ring is 1. The number of nitrogens with two attached hydrogens (primary N) is 1. The maximum atomic E-state index is 12.5. The predicted octanol–water partition coefficient (Wildman–Crippen LogP) is 1.95. The van der Waals surface area contributed by atoms with Gasteiger partial charge >= 0.3 is 0 Å². The molecule has 21 heavy (non-hydrogen) atoms. The molecule has 0 aliphatic heterocycles. The molecule has 3 N–H and O–H groups in total. The van der Waals surface area contributed by atoms with Gasteiger partial charge in [-0.1, -0.05) is 28.1 Å². The molecule has 1 aromatic carbocycles. The van der Waals surface area contributed by atoms with E-state index in [1.165, 1.54) is 29.7 Å². The van der Waals surface area contributed by atoms with Gasteiger partial charge in [-0.3, -0.25) is 0 Å². The number of hydrogen-bond donors (Lipinski definition) is 2. The Bertz CT molecular complexity index is 719.